The van der Waals surface area contributed by atoms with E-state index in [-0.39, 0.29) is 0 Å². The SMILES string of the molecule is c1ccc(-c2cc(-c3ccccn3)nc(-c3ccc(-c4cccc5c6ccccc6c6ccccc6oc6ccccc6c6ccccc6c6ccccc6c45)cc3)n2)cc1. The van der Waals surface area contributed by atoms with E-state index in [9.17, 15) is 0 Å². The number of fused-ring (bicyclic) bond motifs is 11. The molecule has 4 heteroatoms. The average Bonchev–Trinajstić information content (AvgIpc) is 3.35. The van der Waals surface area contributed by atoms with Crippen LogP contribution in [0.3, 0.4) is 0 Å². The van der Waals surface area contributed by atoms with Crippen molar-refractivity contribution in [1.29, 1.82) is 0 Å². The molecule has 61 heavy (non-hydrogen) atoms. The first-order chi connectivity index (χ1) is 30.3. The number of hydrogen-bond donors (Lipinski definition) is 0. The summed E-state index contributed by atoms with van der Waals surface area (Å²) in [6.07, 6.45) is 1.80. The monoisotopic (exact) mass is 779 g/mol. The molecule has 11 rings (SSSR count). The molecule has 3 heterocycles. The van der Waals surface area contributed by atoms with Gasteiger partial charge in [-0.1, -0.05) is 188 Å². The first-order valence-corrected chi connectivity index (χ1v) is 20.5. The van der Waals surface area contributed by atoms with Crippen molar-refractivity contribution in [2.75, 3.05) is 0 Å². The predicted octanol–water partition coefficient (Wildman–Crippen LogP) is 15.3. The third-order valence-corrected chi connectivity index (χ3v) is 11.4. The zero-order chi connectivity index (χ0) is 40.5. The smallest absolute Gasteiger partial charge is 0.160 e. The highest BCUT2D eigenvalue weighted by atomic mass is 16.3. The summed E-state index contributed by atoms with van der Waals surface area (Å²) in [6.45, 7) is 0. The molecule has 0 aliphatic carbocycles. The van der Waals surface area contributed by atoms with Gasteiger partial charge in [0.1, 0.15) is 11.2 Å². The van der Waals surface area contributed by atoms with Gasteiger partial charge in [0.15, 0.2) is 5.82 Å². The van der Waals surface area contributed by atoms with Gasteiger partial charge in [-0.15, -0.1) is 0 Å². The molecule has 4 nitrogen and oxygen atoms in total. The van der Waals surface area contributed by atoms with Gasteiger partial charge in [-0.3, -0.25) is 4.98 Å². The van der Waals surface area contributed by atoms with E-state index in [0.29, 0.717) is 5.82 Å². The van der Waals surface area contributed by atoms with Crippen molar-refractivity contribution in [3.63, 3.8) is 0 Å². The molecule has 0 amide bonds. The van der Waals surface area contributed by atoms with Crippen LogP contribution in [-0.4, -0.2) is 15.0 Å². The van der Waals surface area contributed by atoms with Gasteiger partial charge in [0.2, 0.25) is 0 Å². The molecule has 0 bridgehead atoms. The fraction of sp³-hybridized carbons (Fsp3) is 0. The Morgan fingerprint density at radius 2 is 0.754 bits per heavy atom. The van der Waals surface area contributed by atoms with E-state index < -0.39 is 0 Å². The van der Waals surface area contributed by atoms with Gasteiger partial charge < -0.3 is 4.42 Å². The highest BCUT2D eigenvalue weighted by Gasteiger charge is 2.14. The van der Waals surface area contributed by atoms with Crippen molar-refractivity contribution in [1.82, 2.24) is 15.0 Å². The third-order valence-electron chi connectivity index (χ3n) is 11.4. The number of rotatable bonds is 4. The normalized spacial score (nSPS) is 11.3. The minimum Gasteiger partial charge on any atom is -0.456 e. The van der Waals surface area contributed by atoms with Crippen LogP contribution in [0.1, 0.15) is 0 Å². The van der Waals surface area contributed by atoms with Crippen molar-refractivity contribution >= 4 is 65.0 Å². The largest absolute Gasteiger partial charge is 0.456 e. The lowest BCUT2D eigenvalue weighted by atomic mass is 9.92. The number of benzene rings is 8. The molecule has 0 fully saturated rings. The summed E-state index contributed by atoms with van der Waals surface area (Å²) in [5.41, 5.74) is 8.18. The van der Waals surface area contributed by atoms with E-state index in [1.54, 1.807) is 6.20 Å². The zero-order valence-electron chi connectivity index (χ0n) is 33.1. The molecule has 0 spiro atoms. The van der Waals surface area contributed by atoms with Crippen LogP contribution >= 0.6 is 0 Å². The first kappa shape index (κ1) is 35.9. The summed E-state index contributed by atoms with van der Waals surface area (Å²) in [6, 6.07) is 76.4. The van der Waals surface area contributed by atoms with E-state index in [1.165, 1.54) is 0 Å². The average molecular weight is 780 g/mol. The summed E-state index contributed by atoms with van der Waals surface area (Å²) >= 11 is 0. The van der Waals surface area contributed by atoms with Gasteiger partial charge in [-0.2, -0.15) is 0 Å². The van der Waals surface area contributed by atoms with Crippen LogP contribution in [-0.2, 0) is 0 Å². The van der Waals surface area contributed by atoms with E-state index in [4.69, 9.17) is 14.4 Å². The van der Waals surface area contributed by atoms with E-state index >= 15 is 0 Å². The topological polar surface area (TPSA) is 51.8 Å². The van der Waals surface area contributed by atoms with Gasteiger partial charge in [0.05, 0.1) is 17.1 Å². The minimum absolute atomic E-state index is 0.644. The molecule has 0 atom stereocenters. The predicted molar refractivity (Wildman–Crippen MR) is 254 cm³/mol. The standard InChI is InChI=1S/C57H37N3O/c1-2-17-39(18-3-1)52-37-53(51-29-14-15-36-58-51)60-57(59-52)40-34-32-38(33-35-40)41-27-16-28-50-46-23-7-6-21-44(46)48-25-11-13-31-55(48)61-54-30-12-10-24-47(54)43-20-5-4-19-42(43)45-22-8-9-26-49(45)56(41)50/h1-37H. The van der Waals surface area contributed by atoms with Crippen LogP contribution in [0.15, 0.2) is 229 Å². The summed E-state index contributed by atoms with van der Waals surface area (Å²) in [4.78, 5) is 14.8. The molecule has 286 valence electrons. The molecule has 0 aliphatic heterocycles. The molecule has 0 radical (unpaired) electrons. The molecule has 0 aliphatic rings. The second-order valence-electron chi connectivity index (χ2n) is 15.1. The van der Waals surface area contributed by atoms with Crippen molar-refractivity contribution < 1.29 is 4.42 Å². The number of pyridine rings is 1. The fourth-order valence-electron chi connectivity index (χ4n) is 8.60. The van der Waals surface area contributed by atoms with E-state index in [0.717, 1.165) is 104 Å². The molecule has 11 aromatic rings. The van der Waals surface area contributed by atoms with Crippen molar-refractivity contribution in [3.8, 4) is 45.2 Å². The molecule has 0 saturated heterocycles. The summed E-state index contributed by atoms with van der Waals surface area (Å²) in [5, 5.41) is 11.1. The van der Waals surface area contributed by atoms with Gasteiger partial charge in [-0.05, 0) is 84.5 Å². The molecule has 0 N–H and O–H groups in total. The van der Waals surface area contributed by atoms with Crippen molar-refractivity contribution in [2.45, 2.75) is 0 Å². The first-order valence-electron chi connectivity index (χ1n) is 20.5. The zero-order valence-corrected chi connectivity index (χ0v) is 33.1. The molecular formula is C57H37N3O. The second kappa shape index (κ2) is 15.5. The fourth-order valence-corrected chi connectivity index (χ4v) is 8.60. The van der Waals surface area contributed by atoms with Crippen LogP contribution in [0.25, 0.3) is 110 Å². The van der Waals surface area contributed by atoms with Crippen LogP contribution < -0.4 is 0 Å². The van der Waals surface area contributed by atoms with E-state index in [1.807, 2.05) is 54.6 Å². The van der Waals surface area contributed by atoms with Crippen LogP contribution in [0, 0.1) is 0 Å². The Bertz CT molecular complexity index is 3520. The van der Waals surface area contributed by atoms with Crippen LogP contribution in [0.4, 0.5) is 0 Å². The maximum absolute atomic E-state index is 6.94. The number of aromatic nitrogens is 3. The second-order valence-corrected chi connectivity index (χ2v) is 15.1. The Morgan fingerprint density at radius 1 is 0.295 bits per heavy atom. The lowest BCUT2D eigenvalue weighted by Gasteiger charge is -2.12. The van der Waals surface area contributed by atoms with Crippen LogP contribution in [0.5, 0.6) is 0 Å². The lowest BCUT2D eigenvalue weighted by Crippen LogP contribution is -1.96. The quantitative estimate of drug-likeness (QED) is 0.178. The summed E-state index contributed by atoms with van der Waals surface area (Å²) in [7, 11) is 0. The maximum atomic E-state index is 6.94. The van der Waals surface area contributed by atoms with Gasteiger partial charge >= 0.3 is 0 Å². The number of hydrogen-bond acceptors (Lipinski definition) is 4. The summed E-state index contributed by atoms with van der Waals surface area (Å²) < 4.78 is 6.94. The molecule has 0 unspecified atom stereocenters. The third kappa shape index (κ3) is 6.67. The van der Waals surface area contributed by atoms with Gasteiger partial charge in [0, 0.05) is 28.1 Å². The molecular weight excluding hydrogens is 743 g/mol. The Balaban J connectivity index is 1.24. The highest BCUT2D eigenvalue weighted by molar-refractivity contribution is 6.25. The van der Waals surface area contributed by atoms with Gasteiger partial charge in [-0.25, -0.2) is 9.97 Å². The van der Waals surface area contributed by atoms with Crippen molar-refractivity contribution in [2.24, 2.45) is 0 Å². The van der Waals surface area contributed by atoms with Crippen molar-refractivity contribution in [3.05, 3.63) is 225 Å². The number of nitrogens with zero attached hydrogens (tertiary/aromatic N) is 3. The Labute approximate surface area is 352 Å². The maximum Gasteiger partial charge on any atom is 0.160 e. The molecule has 3 aromatic heterocycles. The number of para-hydroxylation sites is 2. The minimum atomic E-state index is 0.644. The molecule has 8 aromatic carbocycles. The van der Waals surface area contributed by atoms with Gasteiger partial charge in [0.25, 0.3) is 0 Å². The Hall–Kier alpha value is -8.21. The van der Waals surface area contributed by atoms with E-state index in [2.05, 4.69) is 169 Å². The van der Waals surface area contributed by atoms with Crippen LogP contribution in [0.2, 0.25) is 0 Å². The highest BCUT2D eigenvalue weighted by Crippen LogP contribution is 2.39. The lowest BCUT2D eigenvalue weighted by molar-refractivity contribution is 0.663. The molecule has 0 saturated carbocycles. The summed E-state index contributed by atoms with van der Waals surface area (Å²) in [5.74, 6) is 0.644. The Morgan fingerprint density at radius 3 is 1.34 bits per heavy atom. The Kier molecular flexibility index (Phi) is 9.14.